The summed E-state index contributed by atoms with van der Waals surface area (Å²) in [6, 6.07) is 0. The molecule has 0 spiro atoms. The molecular formula is C10H15N5O3. The molecule has 0 aromatic carbocycles. The van der Waals surface area contributed by atoms with Crippen LogP contribution in [0.5, 0.6) is 0 Å². The summed E-state index contributed by atoms with van der Waals surface area (Å²) >= 11 is 0. The maximum Gasteiger partial charge on any atom is 0.329 e. The van der Waals surface area contributed by atoms with E-state index in [1.165, 1.54) is 0 Å². The SMILES string of the molecule is O=C(NC1(C(=O)O)CCCCCC1)c1nn[nH]n1. The first-order valence-electron chi connectivity index (χ1n) is 5.93. The van der Waals surface area contributed by atoms with Crippen LogP contribution < -0.4 is 5.32 Å². The Labute approximate surface area is 103 Å². The van der Waals surface area contributed by atoms with Crippen molar-refractivity contribution < 1.29 is 14.7 Å². The van der Waals surface area contributed by atoms with Crippen molar-refractivity contribution in [2.24, 2.45) is 0 Å². The fourth-order valence-electron chi connectivity index (χ4n) is 2.26. The topological polar surface area (TPSA) is 121 Å². The maximum atomic E-state index is 11.8. The average molecular weight is 253 g/mol. The zero-order chi connectivity index (χ0) is 13.0. The molecule has 8 nitrogen and oxygen atoms in total. The Bertz CT molecular complexity index is 423. The zero-order valence-corrected chi connectivity index (χ0v) is 9.85. The van der Waals surface area contributed by atoms with Crippen LogP contribution in [0, 0.1) is 0 Å². The van der Waals surface area contributed by atoms with Crippen molar-refractivity contribution in [1.29, 1.82) is 0 Å². The first kappa shape index (κ1) is 12.5. The fraction of sp³-hybridized carbons (Fsp3) is 0.700. The summed E-state index contributed by atoms with van der Waals surface area (Å²) in [4.78, 5) is 23.3. The van der Waals surface area contributed by atoms with Gasteiger partial charge in [-0.2, -0.15) is 5.21 Å². The first-order chi connectivity index (χ1) is 8.64. The summed E-state index contributed by atoms with van der Waals surface area (Å²) in [6.45, 7) is 0. The molecule has 0 saturated heterocycles. The number of carbonyl (C=O) groups is 2. The second-order valence-corrected chi connectivity index (χ2v) is 4.49. The largest absolute Gasteiger partial charge is 0.480 e. The second-order valence-electron chi connectivity index (χ2n) is 4.49. The van der Waals surface area contributed by atoms with Crippen LogP contribution in [-0.2, 0) is 4.79 Å². The monoisotopic (exact) mass is 253 g/mol. The molecule has 3 N–H and O–H groups in total. The Balaban J connectivity index is 2.15. The van der Waals surface area contributed by atoms with Crippen molar-refractivity contribution in [3.8, 4) is 0 Å². The van der Waals surface area contributed by atoms with Crippen molar-refractivity contribution >= 4 is 11.9 Å². The van der Waals surface area contributed by atoms with E-state index in [-0.39, 0.29) is 5.82 Å². The Morgan fingerprint density at radius 2 is 1.89 bits per heavy atom. The number of aromatic amines is 1. The molecule has 1 fully saturated rings. The van der Waals surface area contributed by atoms with E-state index in [0.29, 0.717) is 12.8 Å². The van der Waals surface area contributed by atoms with Crippen LogP contribution in [0.1, 0.15) is 49.1 Å². The van der Waals surface area contributed by atoms with Gasteiger partial charge in [0.25, 0.3) is 11.7 Å². The van der Waals surface area contributed by atoms with Crippen LogP contribution in [0.2, 0.25) is 0 Å². The number of hydrogen-bond acceptors (Lipinski definition) is 5. The molecule has 1 aliphatic carbocycles. The zero-order valence-electron chi connectivity index (χ0n) is 9.85. The van der Waals surface area contributed by atoms with E-state index in [9.17, 15) is 14.7 Å². The van der Waals surface area contributed by atoms with Gasteiger partial charge in [-0.05, 0) is 18.1 Å². The number of carboxylic acid groups (broad SMARTS) is 1. The van der Waals surface area contributed by atoms with Gasteiger partial charge in [0.05, 0.1) is 0 Å². The number of carbonyl (C=O) groups excluding carboxylic acids is 1. The Morgan fingerprint density at radius 1 is 1.22 bits per heavy atom. The number of amides is 1. The minimum Gasteiger partial charge on any atom is -0.480 e. The van der Waals surface area contributed by atoms with Crippen LogP contribution in [0.3, 0.4) is 0 Å². The number of rotatable bonds is 3. The highest BCUT2D eigenvalue weighted by molar-refractivity contribution is 5.94. The number of tetrazole rings is 1. The standard InChI is InChI=1S/C10H15N5O3/c16-8(7-12-14-15-13-7)11-10(9(17)18)5-3-1-2-4-6-10/h1-6H2,(H,11,16)(H,17,18)(H,12,13,14,15). The quantitative estimate of drug-likeness (QED) is 0.657. The molecule has 0 unspecified atom stereocenters. The smallest absolute Gasteiger partial charge is 0.329 e. The predicted octanol–water partition coefficient (Wildman–Crippen LogP) is 0.107. The van der Waals surface area contributed by atoms with E-state index in [4.69, 9.17) is 0 Å². The van der Waals surface area contributed by atoms with Crippen LogP contribution in [-0.4, -0.2) is 43.1 Å². The normalized spacial score (nSPS) is 18.9. The van der Waals surface area contributed by atoms with Gasteiger partial charge in [0, 0.05) is 0 Å². The van der Waals surface area contributed by atoms with Crippen LogP contribution in [0.15, 0.2) is 0 Å². The van der Waals surface area contributed by atoms with Crippen LogP contribution in [0.25, 0.3) is 0 Å². The third kappa shape index (κ3) is 2.47. The third-order valence-corrected chi connectivity index (χ3v) is 3.27. The van der Waals surface area contributed by atoms with E-state index >= 15 is 0 Å². The highest BCUT2D eigenvalue weighted by Gasteiger charge is 2.40. The third-order valence-electron chi connectivity index (χ3n) is 3.27. The van der Waals surface area contributed by atoms with Gasteiger partial charge >= 0.3 is 5.97 Å². The molecular weight excluding hydrogens is 238 g/mol. The molecule has 1 heterocycles. The van der Waals surface area contributed by atoms with Crippen molar-refractivity contribution in [3.63, 3.8) is 0 Å². The number of hydrogen-bond donors (Lipinski definition) is 3. The predicted molar refractivity (Wildman–Crippen MR) is 59.7 cm³/mol. The number of H-pyrrole nitrogens is 1. The summed E-state index contributed by atoms with van der Waals surface area (Å²) in [5.41, 5.74) is -1.20. The van der Waals surface area contributed by atoms with Gasteiger partial charge in [-0.3, -0.25) is 4.79 Å². The summed E-state index contributed by atoms with van der Waals surface area (Å²) in [5, 5.41) is 24.5. The number of aromatic nitrogens is 4. The summed E-state index contributed by atoms with van der Waals surface area (Å²) in [7, 11) is 0. The molecule has 1 aliphatic rings. The van der Waals surface area contributed by atoms with Crippen LogP contribution >= 0.6 is 0 Å². The van der Waals surface area contributed by atoms with Crippen molar-refractivity contribution in [2.45, 2.75) is 44.1 Å². The molecule has 0 atom stereocenters. The lowest BCUT2D eigenvalue weighted by Crippen LogP contribution is -2.54. The first-order valence-corrected chi connectivity index (χ1v) is 5.93. The highest BCUT2D eigenvalue weighted by atomic mass is 16.4. The maximum absolute atomic E-state index is 11.8. The van der Waals surface area contributed by atoms with Gasteiger partial charge in [0.2, 0.25) is 0 Å². The number of nitrogens with zero attached hydrogens (tertiary/aromatic N) is 3. The molecule has 0 radical (unpaired) electrons. The molecule has 2 rings (SSSR count). The lowest BCUT2D eigenvalue weighted by atomic mass is 9.90. The lowest BCUT2D eigenvalue weighted by molar-refractivity contribution is -0.145. The lowest BCUT2D eigenvalue weighted by Gasteiger charge is -2.28. The molecule has 0 bridgehead atoms. The van der Waals surface area contributed by atoms with E-state index in [1.807, 2.05) is 0 Å². The van der Waals surface area contributed by atoms with Crippen molar-refractivity contribution in [1.82, 2.24) is 25.9 Å². The number of carboxylic acids is 1. The fourth-order valence-corrected chi connectivity index (χ4v) is 2.26. The molecule has 8 heteroatoms. The second kappa shape index (κ2) is 5.11. The summed E-state index contributed by atoms with van der Waals surface area (Å²) in [6.07, 6.45) is 4.44. The minimum absolute atomic E-state index is 0.139. The van der Waals surface area contributed by atoms with Gasteiger partial charge in [-0.15, -0.1) is 10.2 Å². The molecule has 1 aromatic rings. The molecule has 18 heavy (non-hydrogen) atoms. The van der Waals surface area contributed by atoms with E-state index < -0.39 is 17.4 Å². The Morgan fingerprint density at radius 3 is 2.39 bits per heavy atom. The van der Waals surface area contributed by atoms with Gasteiger partial charge < -0.3 is 10.4 Å². The number of nitrogens with one attached hydrogen (secondary N) is 2. The van der Waals surface area contributed by atoms with Crippen molar-refractivity contribution in [3.05, 3.63) is 5.82 Å². The minimum atomic E-state index is -1.20. The van der Waals surface area contributed by atoms with Crippen LogP contribution in [0.4, 0.5) is 0 Å². The van der Waals surface area contributed by atoms with Gasteiger partial charge in [0.15, 0.2) is 0 Å². The van der Waals surface area contributed by atoms with Gasteiger partial charge in [-0.25, -0.2) is 4.79 Å². The van der Waals surface area contributed by atoms with Crippen molar-refractivity contribution in [2.75, 3.05) is 0 Å². The highest BCUT2D eigenvalue weighted by Crippen LogP contribution is 2.27. The summed E-state index contributed by atoms with van der Waals surface area (Å²) < 4.78 is 0. The number of aliphatic carboxylic acids is 1. The van der Waals surface area contributed by atoms with Gasteiger partial charge in [0.1, 0.15) is 5.54 Å². The molecule has 0 aliphatic heterocycles. The average Bonchev–Trinajstić information content (AvgIpc) is 2.77. The molecule has 1 saturated carbocycles. The van der Waals surface area contributed by atoms with E-state index in [2.05, 4.69) is 25.9 Å². The Kier molecular flexibility index (Phi) is 3.54. The summed E-state index contributed by atoms with van der Waals surface area (Å²) in [5.74, 6) is -1.74. The molecule has 1 aromatic heterocycles. The molecule has 1 amide bonds. The molecule has 98 valence electrons. The van der Waals surface area contributed by atoms with Gasteiger partial charge in [-0.1, -0.05) is 25.7 Å². The van der Waals surface area contributed by atoms with E-state index in [1.54, 1.807) is 0 Å². The Hall–Kier alpha value is -1.99. The van der Waals surface area contributed by atoms with E-state index in [0.717, 1.165) is 25.7 Å².